The van der Waals surface area contributed by atoms with Crippen LogP contribution in [0.1, 0.15) is 24.7 Å². The van der Waals surface area contributed by atoms with Gasteiger partial charge in [0.25, 0.3) is 0 Å². The fourth-order valence-corrected chi connectivity index (χ4v) is 5.65. The summed E-state index contributed by atoms with van der Waals surface area (Å²) in [7, 11) is 0. The van der Waals surface area contributed by atoms with Gasteiger partial charge in [-0.25, -0.2) is 0 Å². The van der Waals surface area contributed by atoms with E-state index in [2.05, 4.69) is 52.5 Å². The highest BCUT2D eigenvalue weighted by molar-refractivity contribution is 8.00. The van der Waals surface area contributed by atoms with Gasteiger partial charge >= 0.3 is 0 Å². The Bertz CT molecular complexity index is 1560. The zero-order chi connectivity index (χ0) is 25.1. The number of hydrogen-bond acceptors (Lipinski definition) is 3. The summed E-state index contributed by atoms with van der Waals surface area (Å²) < 4.78 is 2.29. The van der Waals surface area contributed by atoms with Gasteiger partial charge in [-0.1, -0.05) is 54.6 Å². The minimum Gasteiger partial charge on any atom is -0.341 e. The normalized spacial score (nSPS) is 11.9. The van der Waals surface area contributed by atoms with Gasteiger partial charge in [0.15, 0.2) is 0 Å². The minimum atomic E-state index is -0.466. The molecule has 5 rings (SSSR count). The summed E-state index contributed by atoms with van der Waals surface area (Å²) in [5.74, 6) is -0.232. The molecule has 2 N–H and O–H groups in total. The third-order valence-electron chi connectivity index (χ3n) is 6.10. The average molecular weight is 494 g/mol. The Hall–Kier alpha value is -4.03. The molecule has 0 spiro atoms. The molecule has 0 saturated heterocycles. The second kappa shape index (κ2) is 10.3. The van der Waals surface area contributed by atoms with E-state index >= 15 is 0 Å². The molecular formula is C30H27N3O2S. The maximum Gasteiger partial charge on any atom is 0.242 e. The van der Waals surface area contributed by atoms with E-state index in [1.54, 1.807) is 0 Å². The Kier molecular flexibility index (Phi) is 6.78. The standard InChI is InChI=1S/C30H27N3O2S/c1-3-33-27-15-8-7-14-25(27)26-19-23(16-17-28(26)33)32-30(35)29(21-10-5-4-6-11-21)36-24-13-9-12-22(18-24)31-20(2)34/h4-19,29H,3H2,1-2H3,(H,31,34)(H,32,35). The molecule has 0 aliphatic carbocycles. The minimum absolute atomic E-state index is 0.102. The van der Waals surface area contributed by atoms with Crippen molar-refractivity contribution in [1.29, 1.82) is 0 Å². The number of aryl methyl sites for hydroxylation is 1. The molecule has 0 aliphatic rings. The van der Waals surface area contributed by atoms with Crippen LogP contribution in [0.15, 0.2) is 102 Å². The second-order valence-corrected chi connectivity index (χ2v) is 9.78. The van der Waals surface area contributed by atoms with Crippen molar-refractivity contribution in [1.82, 2.24) is 4.57 Å². The van der Waals surface area contributed by atoms with E-state index in [1.807, 2.05) is 66.7 Å². The quantitative estimate of drug-likeness (QED) is 0.235. The average Bonchev–Trinajstić information content (AvgIpc) is 3.20. The van der Waals surface area contributed by atoms with E-state index in [-0.39, 0.29) is 11.8 Å². The van der Waals surface area contributed by atoms with Crippen LogP contribution >= 0.6 is 11.8 Å². The van der Waals surface area contributed by atoms with Gasteiger partial charge in [0, 0.05) is 51.5 Å². The molecule has 1 unspecified atom stereocenters. The Morgan fingerprint density at radius 1 is 0.778 bits per heavy atom. The van der Waals surface area contributed by atoms with Crippen molar-refractivity contribution in [2.75, 3.05) is 10.6 Å². The largest absolute Gasteiger partial charge is 0.341 e. The number of carbonyl (C=O) groups excluding carboxylic acids is 2. The summed E-state index contributed by atoms with van der Waals surface area (Å²) in [4.78, 5) is 26.0. The smallest absolute Gasteiger partial charge is 0.242 e. The van der Waals surface area contributed by atoms with Crippen molar-refractivity contribution in [3.8, 4) is 0 Å². The van der Waals surface area contributed by atoms with Crippen molar-refractivity contribution in [2.24, 2.45) is 0 Å². The molecule has 0 bridgehead atoms. The zero-order valence-electron chi connectivity index (χ0n) is 20.2. The molecular weight excluding hydrogens is 466 g/mol. The van der Waals surface area contributed by atoms with E-state index < -0.39 is 5.25 Å². The molecule has 4 aromatic carbocycles. The van der Waals surface area contributed by atoms with Crippen LogP contribution < -0.4 is 10.6 Å². The van der Waals surface area contributed by atoms with Crippen LogP contribution in [0.2, 0.25) is 0 Å². The van der Waals surface area contributed by atoms with Gasteiger partial charge in [-0.15, -0.1) is 11.8 Å². The Balaban J connectivity index is 1.47. The number of nitrogens with zero attached hydrogens (tertiary/aromatic N) is 1. The van der Waals surface area contributed by atoms with E-state index in [9.17, 15) is 9.59 Å². The molecule has 5 nitrogen and oxygen atoms in total. The van der Waals surface area contributed by atoms with Crippen LogP contribution in [-0.4, -0.2) is 16.4 Å². The van der Waals surface area contributed by atoms with Crippen LogP contribution in [0.5, 0.6) is 0 Å². The summed E-state index contributed by atoms with van der Waals surface area (Å²) >= 11 is 1.46. The van der Waals surface area contributed by atoms with E-state index in [4.69, 9.17) is 0 Å². The van der Waals surface area contributed by atoms with Crippen molar-refractivity contribution < 1.29 is 9.59 Å². The molecule has 5 aromatic rings. The van der Waals surface area contributed by atoms with Crippen LogP contribution in [0.4, 0.5) is 11.4 Å². The molecule has 0 aliphatic heterocycles. The molecule has 0 saturated carbocycles. The first-order valence-electron chi connectivity index (χ1n) is 11.9. The van der Waals surface area contributed by atoms with E-state index in [1.165, 1.54) is 29.6 Å². The number of hydrogen-bond donors (Lipinski definition) is 2. The molecule has 180 valence electrons. The first-order valence-corrected chi connectivity index (χ1v) is 12.8. The molecule has 36 heavy (non-hydrogen) atoms. The second-order valence-electron chi connectivity index (χ2n) is 8.60. The predicted octanol–water partition coefficient (Wildman–Crippen LogP) is 7.24. The first-order chi connectivity index (χ1) is 17.5. The van der Waals surface area contributed by atoms with Crippen molar-refractivity contribution in [3.63, 3.8) is 0 Å². The van der Waals surface area contributed by atoms with Crippen LogP contribution in [0, 0.1) is 0 Å². The lowest BCUT2D eigenvalue weighted by Crippen LogP contribution is -2.19. The van der Waals surface area contributed by atoms with Crippen molar-refractivity contribution >= 4 is 56.8 Å². The lowest BCUT2D eigenvalue weighted by molar-refractivity contribution is -0.116. The van der Waals surface area contributed by atoms with Gasteiger partial charge in [-0.3, -0.25) is 9.59 Å². The van der Waals surface area contributed by atoms with Gasteiger partial charge in [-0.05, 0) is 55.0 Å². The molecule has 0 radical (unpaired) electrons. The summed E-state index contributed by atoms with van der Waals surface area (Å²) in [6, 6.07) is 31.8. The number of benzene rings is 4. The highest BCUT2D eigenvalue weighted by Gasteiger charge is 2.23. The fourth-order valence-electron chi connectivity index (χ4n) is 4.57. The summed E-state index contributed by atoms with van der Waals surface area (Å²) in [6.07, 6.45) is 0. The number of amides is 2. The van der Waals surface area contributed by atoms with Gasteiger partial charge in [0.1, 0.15) is 5.25 Å². The molecule has 1 aromatic heterocycles. The Morgan fingerprint density at radius 2 is 1.50 bits per heavy atom. The van der Waals surface area contributed by atoms with Crippen molar-refractivity contribution in [3.05, 3.63) is 103 Å². The van der Waals surface area contributed by atoms with E-state index in [0.717, 1.165) is 33.6 Å². The summed E-state index contributed by atoms with van der Waals surface area (Å²) in [5.41, 5.74) is 4.72. The summed E-state index contributed by atoms with van der Waals surface area (Å²) in [6.45, 7) is 4.50. The number of anilines is 2. The van der Waals surface area contributed by atoms with Crippen LogP contribution in [0.25, 0.3) is 21.8 Å². The maximum absolute atomic E-state index is 13.6. The van der Waals surface area contributed by atoms with Crippen LogP contribution in [0.3, 0.4) is 0 Å². The maximum atomic E-state index is 13.6. The lowest BCUT2D eigenvalue weighted by atomic mass is 10.1. The van der Waals surface area contributed by atoms with Crippen molar-refractivity contribution in [2.45, 2.75) is 30.5 Å². The molecule has 1 atom stereocenters. The Labute approximate surface area is 214 Å². The molecule has 1 heterocycles. The highest BCUT2D eigenvalue weighted by Crippen LogP contribution is 2.38. The van der Waals surface area contributed by atoms with E-state index in [0.29, 0.717) is 5.69 Å². The third kappa shape index (κ3) is 4.86. The van der Waals surface area contributed by atoms with Gasteiger partial charge in [0.2, 0.25) is 11.8 Å². The highest BCUT2D eigenvalue weighted by atomic mass is 32.2. The zero-order valence-corrected chi connectivity index (χ0v) is 21.0. The van der Waals surface area contributed by atoms with Gasteiger partial charge in [-0.2, -0.15) is 0 Å². The number of aromatic nitrogens is 1. The molecule has 0 fully saturated rings. The SMILES string of the molecule is CCn1c2ccccc2c2cc(NC(=O)C(Sc3cccc(NC(C)=O)c3)c3ccccc3)ccc21. The van der Waals surface area contributed by atoms with Gasteiger partial charge in [0.05, 0.1) is 0 Å². The number of fused-ring (bicyclic) bond motifs is 3. The number of carbonyl (C=O) groups is 2. The third-order valence-corrected chi connectivity index (χ3v) is 7.35. The number of rotatable bonds is 7. The van der Waals surface area contributed by atoms with Crippen LogP contribution in [-0.2, 0) is 16.1 Å². The topological polar surface area (TPSA) is 63.1 Å². The monoisotopic (exact) mass is 493 g/mol. The molecule has 2 amide bonds. The number of para-hydroxylation sites is 1. The lowest BCUT2D eigenvalue weighted by Gasteiger charge is -2.18. The molecule has 6 heteroatoms. The first kappa shape index (κ1) is 23.7. The number of thioether (sulfide) groups is 1. The van der Waals surface area contributed by atoms with Gasteiger partial charge < -0.3 is 15.2 Å². The summed E-state index contributed by atoms with van der Waals surface area (Å²) in [5, 5.41) is 7.80. The number of nitrogens with one attached hydrogen (secondary N) is 2. The Morgan fingerprint density at radius 3 is 2.28 bits per heavy atom. The predicted molar refractivity (Wildman–Crippen MR) is 150 cm³/mol. The fraction of sp³-hybridized carbons (Fsp3) is 0.133.